The molecule has 0 atom stereocenters. The molecular formula is C21H24N2O2S. The minimum absolute atomic E-state index is 0.113. The van der Waals surface area contributed by atoms with Gasteiger partial charge in [-0.1, -0.05) is 55.9 Å². The van der Waals surface area contributed by atoms with E-state index in [-0.39, 0.29) is 5.91 Å². The Morgan fingerprint density at radius 3 is 2.46 bits per heavy atom. The second-order valence-corrected chi connectivity index (χ2v) is 7.11. The van der Waals surface area contributed by atoms with Crippen molar-refractivity contribution in [2.24, 2.45) is 0 Å². The first-order valence-corrected chi connectivity index (χ1v) is 10.1. The van der Waals surface area contributed by atoms with Crippen LogP contribution in [0.25, 0.3) is 11.1 Å². The highest BCUT2D eigenvalue weighted by atomic mass is 32.2. The lowest BCUT2D eigenvalue weighted by Gasteiger charge is -2.22. The molecular weight excluding hydrogens is 344 g/mol. The van der Waals surface area contributed by atoms with E-state index in [1.54, 1.807) is 0 Å². The Kier molecular flexibility index (Phi) is 6.34. The smallest absolute Gasteiger partial charge is 0.257 e. The van der Waals surface area contributed by atoms with Gasteiger partial charge in [-0.15, -0.1) is 0 Å². The van der Waals surface area contributed by atoms with Gasteiger partial charge in [-0.3, -0.25) is 4.79 Å². The molecule has 1 amide bonds. The fraction of sp³-hybridized carbons (Fsp3) is 0.333. The Morgan fingerprint density at radius 1 is 1.04 bits per heavy atom. The minimum Gasteiger partial charge on any atom is -0.431 e. The first-order chi connectivity index (χ1) is 12.7. The molecule has 0 aliphatic heterocycles. The molecule has 0 saturated heterocycles. The van der Waals surface area contributed by atoms with E-state index >= 15 is 0 Å². The van der Waals surface area contributed by atoms with Gasteiger partial charge in [-0.2, -0.15) is 0 Å². The van der Waals surface area contributed by atoms with E-state index in [9.17, 15) is 4.79 Å². The Hall–Kier alpha value is -2.27. The molecule has 3 aromatic rings. The van der Waals surface area contributed by atoms with Crippen LogP contribution < -0.4 is 0 Å². The highest BCUT2D eigenvalue weighted by Crippen LogP contribution is 2.27. The van der Waals surface area contributed by atoms with E-state index in [4.69, 9.17) is 4.42 Å². The van der Waals surface area contributed by atoms with Crippen LogP contribution in [0.5, 0.6) is 0 Å². The lowest BCUT2D eigenvalue weighted by molar-refractivity contribution is 0.0754. The molecule has 26 heavy (non-hydrogen) atoms. The van der Waals surface area contributed by atoms with Gasteiger partial charge >= 0.3 is 0 Å². The minimum atomic E-state index is 0.113. The number of nitrogens with zero attached hydrogens (tertiary/aromatic N) is 2. The van der Waals surface area contributed by atoms with E-state index < -0.39 is 0 Å². The summed E-state index contributed by atoms with van der Waals surface area (Å²) < 4.78 is 5.77. The topological polar surface area (TPSA) is 46.3 Å². The third kappa shape index (κ3) is 4.28. The number of fused-ring (bicyclic) bond motifs is 1. The summed E-state index contributed by atoms with van der Waals surface area (Å²) in [5.74, 6) is 0.767. The largest absolute Gasteiger partial charge is 0.431 e. The average molecular weight is 369 g/mol. The molecule has 1 aromatic heterocycles. The van der Waals surface area contributed by atoms with Crippen LogP contribution in [-0.4, -0.2) is 28.9 Å². The standard InChI is InChI=1S/C21H24N2O2S/c1-3-13-23(14-4-2)20(24)17-10-6-5-9-16(17)15-26-21-22-18-11-7-8-12-19(18)25-21/h5-12H,3-4,13-15H2,1-2H3. The van der Waals surface area contributed by atoms with Gasteiger partial charge in [0.1, 0.15) is 5.52 Å². The molecule has 2 aromatic carbocycles. The van der Waals surface area contributed by atoms with Crippen molar-refractivity contribution >= 4 is 28.8 Å². The number of carbonyl (C=O) groups excluding carboxylic acids is 1. The number of para-hydroxylation sites is 2. The summed E-state index contributed by atoms with van der Waals surface area (Å²) in [6.45, 7) is 5.79. The van der Waals surface area contributed by atoms with Gasteiger partial charge in [0.05, 0.1) is 0 Å². The van der Waals surface area contributed by atoms with Crippen LogP contribution in [0.4, 0.5) is 0 Å². The molecule has 136 valence electrons. The van der Waals surface area contributed by atoms with E-state index in [1.807, 2.05) is 53.4 Å². The lowest BCUT2D eigenvalue weighted by atomic mass is 10.1. The Morgan fingerprint density at radius 2 is 1.73 bits per heavy atom. The Labute approximate surface area is 158 Å². The number of thioether (sulfide) groups is 1. The van der Waals surface area contributed by atoms with Crippen LogP contribution in [-0.2, 0) is 5.75 Å². The van der Waals surface area contributed by atoms with Gasteiger partial charge in [-0.25, -0.2) is 4.98 Å². The van der Waals surface area contributed by atoms with Crippen molar-refractivity contribution < 1.29 is 9.21 Å². The van der Waals surface area contributed by atoms with Crippen LogP contribution in [0.2, 0.25) is 0 Å². The number of benzene rings is 2. The molecule has 0 bridgehead atoms. The first kappa shape index (κ1) is 18.5. The maximum atomic E-state index is 13.0. The monoisotopic (exact) mass is 368 g/mol. The van der Waals surface area contributed by atoms with Gasteiger partial charge < -0.3 is 9.32 Å². The van der Waals surface area contributed by atoms with Crippen LogP contribution in [0.15, 0.2) is 58.2 Å². The molecule has 5 heteroatoms. The van der Waals surface area contributed by atoms with Crippen LogP contribution in [0.3, 0.4) is 0 Å². The molecule has 4 nitrogen and oxygen atoms in total. The number of carbonyl (C=O) groups is 1. The predicted molar refractivity (Wildman–Crippen MR) is 106 cm³/mol. The molecule has 0 saturated carbocycles. The summed E-state index contributed by atoms with van der Waals surface area (Å²) >= 11 is 1.52. The van der Waals surface area contributed by atoms with Crippen molar-refractivity contribution in [3.05, 3.63) is 59.7 Å². The molecule has 1 heterocycles. The molecule has 3 rings (SSSR count). The molecule has 0 spiro atoms. The quantitative estimate of drug-likeness (QED) is 0.501. The van der Waals surface area contributed by atoms with Crippen molar-refractivity contribution in [1.82, 2.24) is 9.88 Å². The van der Waals surface area contributed by atoms with Gasteiger partial charge in [0.25, 0.3) is 11.1 Å². The maximum absolute atomic E-state index is 13.0. The summed E-state index contributed by atoms with van der Waals surface area (Å²) in [6.07, 6.45) is 1.93. The van der Waals surface area contributed by atoms with Gasteiger partial charge in [0.2, 0.25) is 0 Å². The third-order valence-corrected chi connectivity index (χ3v) is 5.02. The van der Waals surface area contributed by atoms with Crippen molar-refractivity contribution in [3.8, 4) is 0 Å². The van der Waals surface area contributed by atoms with E-state index in [2.05, 4.69) is 18.8 Å². The number of amides is 1. The van der Waals surface area contributed by atoms with Crippen LogP contribution in [0.1, 0.15) is 42.6 Å². The second-order valence-electron chi connectivity index (χ2n) is 6.19. The molecule has 0 N–H and O–H groups in total. The normalized spacial score (nSPS) is 11.0. The highest BCUT2D eigenvalue weighted by molar-refractivity contribution is 7.98. The Bertz CT molecular complexity index is 836. The first-order valence-electron chi connectivity index (χ1n) is 9.08. The summed E-state index contributed by atoms with van der Waals surface area (Å²) in [4.78, 5) is 19.4. The molecule has 0 aliphatic carbocycles. The number of aromatic nitrogens is 1. The van der Waals surface area contributed by atoms with Crippen molar-refractivity contribution in [2.45, 2.75) is 37.7 Å². The molecule has 0 radical (unpaired) electrons. The number of oxazole rings is 1. The third-order valence-electron chi connectivity index (χ3n) is 4.15. The van der Waals surface area contributed by atoms with E-state index in [1.165, 1.54) is 11.8 Å². The average Bonchev–Trinajstić information content (AvgIpc) is 3.09. The lowest BCUT2D eigenvalue weighted by Crippen LogP contribution is -2.33. The summed E-state index contributed by atoms with van der Waals surface area (Å²) in [5, 5.41) is 0.632. The number of rotatable bonds is 8. The summed E-state index contributed by atoms with van der Waals surface area (Å²) in [5.41, 5.74) is 3.44. The Balaban J connectivity index is 1.77. The van der Waals surface area contributed by atoms with Gasteiger partial charge in [-0.05, 0) is 36.6 Å². The van der Waals surface area contributed by atoms with Gasteiger partial charge in [0.15, 0.2) is 5.58 Å². The molecule has 0 aliphatic rings. The zero-order valence-electron chi connectivity index (χ0n) is 15.3. The fourth-order valence-corrected chi connectivity index (χ4v) is 3.77. The van der Waals surface area contributed by atoms with Crippen molar-refractivity contribution in [1.29, 1.82) is 0 Å². The van der Waals surface area contributed by atoms with E-state index in [0.717, 1.165) is 48.2 Å². The summed E-state index contributed by atoms with van der Waals surface area (Å²) in [6, 6.07) is 15.6. The number of hydrogen-bond donors (Lipinski definition) is 0. The van der Waals surface area contributed by atoms with Crippen LogP contribution >= 0.6 is 11.8 Å². The van der Waals surface area contributed by atoms with E-state index in [0.29, 0.717) is 11.0 Å². The summed E-state index contributed by atoms with van der Waals surface area (Å²) in [7, 11) is 0. The maximum Gasteiger partial charge on any atom is 0.257 e. The SMILES string of the molecule is CCCN(CCC)C(=O)c1ccccc1CSc1nc2ccccc2o1. The van der Waals surface area contributed by atoms with Crippen LogP contribution in [0, 0.1) is 0 Å². The fourth-order valence-electron chi connectivity index (χ4n) is 2.93. The zero-order valence-corrected chi connectivity index (χ0v) is 16.1. The second kappa shape index (κ2) is 8.90. The zero-order chi connectivity index (χ0) is 18.4. The molecule has 0 unspecified atom stereocenters. The van der Waals surface area contributed by atoms with Crippen molar-refractivity contribution in [3.63, 3.8) is 0 Å². The van der Waals surface area contributed by atoms with Gasteiger partial charge in [0, 0.05) is 24.4 Å². The highest BCUT2D eigenvalue weighted by Gasteiger charge is 2.18. The van der Waals surface area contributed by atoms with Crippen molar-refractivity contribution in [2.75, 3.05) is 13.1 Å². The molecule has 0 fully saturated rings. The predicted octanol–water partition coefficient (Wildman–Crippen LogP) is 5.38. The number of hydrogen-bond acceptors (Lipinski definition) is 4.